The number of aliphatic hydroxyl groups is 1. The minimum absolute atomic E-state index is 0.0421. The van der Waals surface area contributed by atoms with Crippen LogP contribution in [0.5, 0.6) is 0 Å². The molecular weight excluding hydrogens is 296 g/mol. The van der Waals surface area contributed by atoms with Gasteiger partial charge in [0.2, 0.25) is 0 Å². The van der Waals surface area contributed by atoms with E-state index in [4.69, 9.17) is 5.26 Å². The van der Waals surface area contributed by atoms with E-state index < -0.39 is 0 Å². The van der Waals surface area contributed by atoms with E-state index in [1.165, 1.54) is 44.9 Å². The van der Waals surface area contributed by atoms with Crippen LogP contribution >= 0.6 is 0 Å². The predicted octanol–water partition coefficient (Wildman–Crippen LogP) is 3.87. The second-order valence-corrected chi connectivity index (χ2v) is 9.80. The Morgan fingerprint density at radius 3 is 2.54 bits per heavy atom. The van der Waals surface area contributed by atoms with Crippen molar-refractivity contribution in [3.05, 3.63) is 0 Å². The summed E-state index contributed by atoms with van der Waals surface area (Å²) in [6, 6.07) is 2.82. The zero-order chi connectivity index (χ0) is 16.9. The van der Waals surface area contributed by atoms with Gasteiger partial charge in [-0.15, -0.1) is 0 Å². The number of nitrogens with zero attached hydrogens (tertiary/aromatic N) is 1. The fourth-order valence-corrected chi connectivity index (χ4v) is 7.74. The van der Waals surface area contributed by atoms with Crippen molar-refractivity contribution in [1.29, 1.82) is 5.26 Å². The lowest BCUT2D eigenvalue weighted by Crippen LogP contribution is -2.55. The Morgan fingerprint density at radius 2 is 1.75 bits per heavy atom. The molecule has 3 heteroatoms. The molecule has 0 amide bonds. The van der Waals surface area contributed by atoms with Crippen LogP contribution in [-0.4, -0.2) is 23.8 Å². The molecule has 24 heavy (non-hydrogen) atoms. The van der Waals surface area contributed by atoms with Crippen LogP contribution in [0, 0.1) is 45.8 Å². The predicted molar refractivity (Wildman–Crippen MR) is 95.1 cm³/mol. The third kappa shape index (κ3) is 2.36. The molecule has 3 nitrogen and oxygen atoms in total. The van der Waals surface area contributed by atoms with Crippen LogP contribution in [0.3, 0.4) is 0 Å². The number of fused-ring (bicyclic) bond motifs is 5. The van der Waals surface area contributed by atoms with Gasteiger partial charge in [-0.2, -0.15) is 5.26 Å². The Morgan fingerprint density at radius 1 is 1.00 bits per heavy atom. The van der Waals surface area contributed by atoms with E-state index in [2.05, 4.69) is 25.2 Å². The van der Waals surface area contributed by atoms with Gasteiger partial charge in [-0.3, -0.25) is 0 Å². The van der Waals surface area contributed by atoms with Crippen LogP contribution in [0.25, 0.3) is 0 Å². The summed E-state index contributed by atoms with van der Waals surface area (Å²) >= 11 is 0. The maximum Gasteiger partial charge on any atom is 0.0843 e. The maximum atomic E-state index is 10.1. The average molecular weight is 331 g/mol. The minimum atomic E-state index is -0.0421. The monoisotopic (exact) mass is 330 g/mol. The first-order valence-corrected chi connectivity index (χ1v) is 10.3. The molecule has 0 aliphatic heterocycles. The number of nitrogens with one attached hydrogen (secondary N) is 1. The first kappa shape index (κ1) is 16.9. The van der Waals surface area contributed by atoms with Crippen molar-refractivity contribution >= 4 is 0 Å². The lowest BCUT2D eigenvalue weighted by molar-refractivity contribution is -0.123. The van der Waals surface area contributed by atoms with Gasteiger partial charge < -0.3 is 10.4 Å². The molecule has 0 heterocycles. The van der Waals surface area contributed by atoms with E-state index in [0.29, 0.717) is 23.4 Å². The summed E-state index contributed by atoms with van der Waals surface area (Å²) in [5, 5.41) is 22.6. The van der Waals surface area contributed by atoms with Gasteiger partial charge >= 0.3 is 0 Å². The van der Waals surface area contributed by atoms with Crippen LogP contribution in [0.4, 0.5) is 0 Å². The lowest BCUT2D eigenvalue weighted by atomic mass is 9.45. The quantitative estimate of drug-likeness (QED) is 0.756. The highest BCUT2D eigenvalue weighted by Gasteiger charge is 2.59. The van der Waals surface area contributed by atoms with E-state index in [0.717, 1.165) is 36.5 Å². The highest BCUT2D eigenvalue weighted by Crippen LogP contribution is 2.66. The molecule has 0 aromatic carbocycles. The van der Waals surface area contributed by atoms with Crippen molar-refractivity contribution in [3.8, 4) is 6.07 Å². The second-order valence-electron chi connectivity index (χ2n) is 9.80. The molecule has 0 bridgehead atoms. The van der Waals surface area contributed by atoms with Crippen LogP contribution in [0.2, 0.25) is 0 Å². The van der Waals surface area contributed by atoms with Crippen molar-refractivity contribution < 1.29 is 5.11 Å². The van der Waals surface area contributed by atoms with E-state index in [1.807, 2.05) is 0 Å². The van der Waals surface area contributed by atoms with Crippen molar-refractivity contribution in [1.82, 2.24) is 5.32 Å². The lowest BCUT2D eigenvalue weighted by Gasteiger charge is -2.61. The fourth-order valence-electron chi connectivity index (χ4n) is 7.74. The summed E-state index contributed by atoms with van der Waals surface area (Å²) in [4.78, 5) is 0. The Balaban J connectivity index is 1.55. The minimum Gasteiger partial charge on any atom is -0.393 e. The number of aliphatic hydroxyl groups excluding tert-OH is 1. The molecule has 0 saturated heterocycles. The Hall–Kier alpha value is -0.590. The smallest absolute Gasteiger partial charge is 0.0843 e. The molecule has 4 fully saturated rings. The normalized spacial score (nSPS) is 53.6. The standard InChI is InChI=1S/C21H34N2O/c1-20-9-7-15(24)13-14(20)3-4-16-17-5-6-19(23-12-11-22)21(17,2)10-8-18(16)20/h14-19,23-24H,3-10,12-13H2,1-2H3/t14-,15+,16-,17+,18-,19+,20-,21-/m0/s1. The molecule has 4 saturated carbocycles. The highest BCUT2D eigenvalue weighted by molar-refractivity contribution is 5.11. The third-order valence-corrected chi connectivity index (χ3v) is 9.07. The van der Waals surface area contributed by atoms with Crippen LogP contribution in [0.15, 0.2) is 0 Å². The second kappa shape index (κ2) is 5.99. The Labute approximate surface area is 147 Å². The molecule has 4 rings (SSSR count). The molecule has 4 aliphatic rings. The van der Waals surface area contributed by atoms with E-state index >= 15 is 0 Å². The van der Waals surface area contributed by atoms with Gasteiger partial charge in [0.15, 0.2) is 0 Å². The van der Waals surface area contributed by atoms with Crippen molar-refractivity contribution in [2.24, 2.45) is 34.5 Å². The van der Waals surface area contributed by atoms with Crippen LogP contribution < -0.4 is 5.32 Å². The average Bonchev–Trinajstić information content (AvgIpc) is 2.90. The summed E-state index contributed by atoms with van der Waals surface area (Å²) in [5.74, 6) is 3.35. The molecule has 0 aromatic rings. The molecule has 0 unspecified atom stereocenters. The molecular formula is C21H34N2O. The van der Waals surface area contributed by atoms with Crippen molar-refractivity contribution in [2.45, 2.75) is 83.8 Å². The van der Waals surface area contributed by atoms with Gasteiger partial charge in [-0.1, -0.05) is 13.8 Å². The molecule has 2 N–H and O–H groups in total. The topological polar surface area (TPSA) is 56.0 Å². The number of hydrogen-bond acceptors (Lipinski definition) is 3. The zero-order valence-corrected chi connectivity index (χ0v) is 15.4. The Bertz CT molecular complexity index is 528. The molecule has 0 radical (unpaired) electrons. The first-order chi connectivity index (χ1) is 11.5. The van der Waals surface area contributed by atoms with E-state index in [9.17, 15) is 5.11 Å². The maximum absolute atomic E-state index is 10.1. The fraction of sp³-hybridized carbons (Fsp3) is 0.952. The number of nitriles is 1. The Kier molecular flexibility index (Phi) is 4.21. The summed E-state index contributed by atoms with van der Waals surface area (Å²) in [5.41, 5.74) is 0.872. The summed E-state index contributed by atoms with van der Waals surface area (Å²) in [6.07, 6.45) is 11.3. The first-order valence-electron chi connectivity index (χ1n) is 10.3. The number of hydrogen-bond donors (Lipinski definition) is 2. The number of rotatable bonds is 2. The van der Waals surface area contributed by atoms with Gasteiger partial charge in [0, 0.05) is 6.04 Å². The molecule has 4 aliphatic carbocycles. The largest absolute Gasteiger partial charge is 0.393 e. The third-order valence-electron chi connectivity index (χ3n) is 9.07. The molecule has 0 aromatic heterocycles. The van der Waals surface area contributed by atoms with Gasteiger partial charge in [-0.05, 0) is 92.3 Å². The van der Waals surface area contributed by atoms with Gasteiger partial charge in [0.25, 0.3) is 0 Å². The zero-order valence-electron chi connectivity index (χ0n) is 15.4. The molecule has 134 valence electrons. The summed E-state index contributed by atoms with van der Waals surface area (Å²) in [7, 11) is 0. The van der Waals surface area contributed by atoms with Crippen molar-refractivity contribution in [3.63, 3.8) is 0 Å². The van der Waals surface area contributed by atoms with Crippen molar-refractivity contribution in [2.75, 3.05) is 6.54 Å². The van der Waals surface area contributed by atoms with Gasteiger partial charge in [-0.25, -0.2) is 0 Å². The van der Waals surface area contributed by atoms with Gasteiger partial charge in [0.05, 0.1) is 18.7 Å². The SMILES string of the molecule is C[C@]12CC[C@H]3[C@@H](CC[C@H]4C[C@H](O)CC[C@@]43C)[C@H]1CC[C@H]2NCC#N. The molecule has 0 spiro atoms. The van der Waals surface area contributed by atoms with Gasteiger partial charge in [0.1, 0.15) is 0 Å². The summed E-state index contributed by atoms with van der Waals surface area (Å²) in [6.45, 7) is 5.57. The van der Waals surface area contributed by atoms with Crippen LogP contribution in [0.1, 0.15) is 71.6 Å². The van der Waals surface area contributed by atoms with E-state index in [1.54, 1.807) is 0 Å². The van der Waals surface area contributed by atoms with E-state index in [-0.39, 0.29) is 6.10 Å². The molecule has 8 atom stereocenters. The summed E-state index contributed by atoms with van der Waals surface area (Å²) < 4.78 is 0. The highest BCUT2D eigenvalue weighted by atomic mass is 16.3. The van der Waals surface area contributed by atoms with Crippen LogP contribution in [-0.2, 0) is 0 Å².